The van der Waals surface area contributed by atoms with Gasteiger partial charge in [-0.2, -0.15) is 0 Å². The molecular formula is C11H17N3O2S. The molecule has 0 aromatic carbocycles. The van der Waals surface area contributed by atoms with Crippen molar-refractivity contribution in [2.24, 2.45) is 0 Å². The summed E-state index contributed by atoms with van der Waals surface area (Å²) in [6, 6.07) is -0.0343. The summed E-state index contributed by atoms with van der Waals surface area (Å²) in [5.41, 5.74) is 0.999. The number of amides is 2. The Morgan fingerprint density at radius 2 is 2.59 bits per heavy atom. The highest BCUT2D eigenvalue weighted by molar-refractivity contribution is 7.09. The second-order valence-corrected chi connectivity index (χ2v) is 5.11. The molecule has 2 rings (SSSR count). The second kappa shape index (κ2) is 5.46. The van der Waals surface area contributed by atoms with Crippen molar-refractivity contribution in [3.8, 4) is 0 Å². The lowest BCUT2D eigenvalue weighted by Crippen LogP contribution is -2.48. The van der Waals surface area contributed by atoms with Crippen LogP contribution in [-0.2, 0) is 11.3 Å². The van der Waals surface area contributed by atoms with Crippen molar-refractivity contribution in [3.05, 3.63) is 16.1 Å². The highest BCUT2D eigenvalue weighted by atomic mass is 32.1. The Bertz CT molecular complexity index is 394. The summed E-state index contributed by atoms with van der Waals surface area (Å²) in [6.45, 7) is 6.36. The predicted molar refractivity (Wildman–Crippen MR) is 66.1 cm³/mol. The Hall–Kier alpha value is -1.14. The van der Waals surface area contributed by atoms with E-state index in [1.165, 1.54) is 0 Å². The molecule has 2 amide bonds. The van der Waals surface area contributed by atoms with Crippen molar-refractivity contribution < 1.29 is 9.53 Å². The maximum absolute atomic E-state index is 11.9. The molecule has 0 unspecified atom stereocenters. The van der Waals surface area contributed by atoms with E-state index in [0.717, 1.165) is 10.7 Å². The fraction of sp³-hybridized carbons (Fsp3) is 0.636. The van der Waals surface area contributed by atoms with Crippen LogP contribution in [0.5, 0.6) is 0 Å². The Balaban J connectivity index is 1.80. The first-order chi connectivity index (χ1) is 8.15. The van der Waals surface area contributed by atoms with E-state index in [4.69, 9.17) is 4.74 Å². The highest BCUT2D eigenvalue weighted by Gasteiger charge is 2.21. The van der Waals surface area contributed by atoms with Crippen molar-refractivity contribution in [2.75, 3.05) is 19.7 Å². The smallest absolute Gasteiger partial charge is 0.317 e. The summed E-state index contributed by atoms with van der Waals surface area (Å²) in [5.74, 6) is 0. The number of aromatic nitrogens is 1. The van der Waals surface area contributed by atoms with Crippen molar-refractivity contribution in [1.29, 1.82) is 0 Å². The quantitative estimate of drug-likeness (QED) is 0.868. The van der Waals surface area contributed by atoms with Crippen LogP contribution >= 0.6 is 11.3 Å². The molecule has 0 spiro atoms. The van der Waals surface area contributed by atoms with Gasteiger partial charge in [0.15, 0.2) is 0 Å². The number of carbonyl (C=O) groups excluding carboxylic acids is 1. The van der Waals surface area contributed by atoms with E-state index in [9.17, 15) is 4.79 Å². The van der Waals surface area contributed by atoms with E-state index in [-0.39, 0.29) is 12.1 Å². The van der Waals surface area contributed by atoms with Gasteiger partial charge in [-0.3, -0.25) is 0 Å². The van der Waals surface area contributed by atoms with E-state index in [2.05, 4.69) is 10.3 Å². The SMILES string of the molecule is Cc1csc(CNC(=O)N2CCO[C@H](C)C2)n1. The Morgan fingerprint density at radius 1 is 1.76 bits per heavy atom. The number of nitrogens with zero attached hydrogens (tertiary/aromatic N) is 2. The van der Waals surface area contributed by atoms with Crippen LogP contribution in [-0.4, -0.2) is 41.7 Å². The van der Waals surface area contributed by atoms with Gasteiger partial charge in [0.1, 0.15) is 5.01 Å². The maximum Gasteiger partial charge on any atom is 0.317 e. The van der Waals surface area contributed by atoms with Crippen LogP contribution in [0, 0.1) is 6.92 Å². The van der Waals surface area contributed by atoms with Crippen LogP contribution in [0.4, 0.5) is 4.79 Å². The minimum absolute atomic E-state index is 0.0343. The van der Waals surface area contributed by atoms with Gasteiger partial charge in [0.2, 0.25) is 0 Å². The molecule has 1 N–H and O–H groups in total. The minimum Gasteiger partial charge on any atom is -0.375 e. The van der Waals surface area contributed by atoms with Gasteiger partial charge in [0, 0.05) is 24.2 Å². The molecular weight excluding hydrogens is 238 g/mol. The summed E-state index contributed by atoms with van der Waals surface area (Å²) in [6.07, 6.45) is 0.122. The Labute approximate surface area is 105 Å². The first kappa shape index (κ1) is 12.3. The van der Waals surface area contributed by atoms with Crippen molar-refractivity contribution in [3.63, 3.8) is 0 Å². The summed E-state index contributed by atoms with van der Waals surface area (Å²) < 4.78 is 5.39. The molecule has 1 aromatic heterocycles. The fourth-order valence-corrected chi connectivity index (χ4v) is 2.46. The number of urea groups is 1. The van der Waals surface area contributed by atoms with Gasteiger partial charge >= 0.3 is 6.03 Å². The molecule has 6 heteroatoms. The number of ether oxygens (including phenoxy) is 1. The number of rotatable bonds is 2. The van der Waals surface area contributed by atoms with Gasteiger partial charge in [-0.15, -0.1) is 11.3 Å². The lowest BCUT2D eigenvalue weighted by atomic mass is 10.3. The second-order valence-electron chi connectivity index (χ2n) is 4.17. The number of hydrogen-bond donors (Lipinski definition) is 1. The zero-order valence-electron chi connectivity index (χ0n) is 10.1. The topological polar surface area (TPSA) is 54.5 Å². The third-order valence-electron chi connectivity index (χ3n) is 2.59. The van der Waals surface area contributed by atoms with Crippen LogP contribution < -0.4 is 5.32 Å². The standard InChI is InChI=1S/C11H17N3O2S/c1-8-7-17-10(13-8)5-12-11(15)14-3-4-16-9(2)6-14/h7,9H,3-6H2,1-2H3,(H,12,15)/t9-/m1/s1. The Kier molecular flexibility index (Phi) is 3.96. The third-order valence-corrected chi connectivity index (χ3v) is 3.55. The molecule has 17 heavy (non-hydrogen) atoms. The van der Waals surface area contributed by atoms with E-state index >= 15 is 0 Å². The van der Waals surface area contributed by atoms with E-state index in [1.807, 2.05) is 19.2 Å². The van der Waals surface area contributed by atoms with Crippen molar-refractivity contribution >= 4 is 17.4 Å². The molecule has 1 aliphatic rings. The van der Waals surface area contributed by atoms with E-state index in [0.29, 0.717) is 26.2 Å². The third kappa shape index (κ3) is 3.41. The van der Waals surface area contributed by atoms with Gasteiger partial charge in [-0.25, -0.2) is 9.78 Å². The van der Waals surface area contributed by atoms with Crippen LogP contribution in [0.15, 0.2) is 5.38 Å². The molecule has 0 saturated carbocycles. The first-order valence-electron chi connectivity index (χ1n) is 5.70. The minimum atomic E-state index is -0.0343. The average molecular weight is 255 g/mol. The van der Waals surface area contributed by atoms with Crippen LogP contribution in [0.3, 0.4) is 0 Å². The molecule has 1 aromatic rings. The summed E-state index contributed by atoms with van der Waals surface area (Å²) in [4.78, 5) is 17.9. The number of aryl methyl sites for hydroxylation is 1. The van der Waals surface area contributed by atoms with Crippen molar-refractivity contribution in [2.45, 2.75) is 26.5 Å². The number of nitrogens with one attached hydrogen (secondary N) is 1. The zero-order chi connectivity index (χ0) is 12.3. The summed E-state index contributed by atoms with van der Waals surface area (Å²) >= 11 is 1.57. The summed E-state index contributed by atoms with van der Waals surface area (Å²) in [5, 5.41) is 5.81. The number of carbonyl (C=O) groups is 1. The van der Waals surface area contributed by atoms with Gasteiger partial charge in [-0.1, -0.05) is 0 Å². The van der Waals surface area contributed by atoms with Crippen molar-refractivity contribution in [1.82, 2.24) is 15.2 Å². The molecule has 5 nitrogen and oxygen atoms in total. The molecule has 94 valence electrons. The zero-order valence-corrected chi connectivity index (χ0v) is 10.9. The van der Waals surface area contributed by atoms with Crippen LogP contribution in [0.1, 0.15) is 17.6 Å². The number of morpholine rings is 1. The van der Waals surface area contributed by atoms with E-state index in [1.54, 1.807) is 16.2 Å². The largest absolute Gasteiger partial charge is 0.375 e. The maximum atomic E-state index is 11.9. The highest BCUT2D eigenvalue weighted by Crippen LogP contribution is 2.09. The fourth-order valence-electron chi connectivity index (χ4n) is 1.75. The number of thiazole rings is 1. The van der Waals surface area contributed by atoms with Crippen LogP contribution in [0.25, 0.3) is 0 Å². The van der Waals surface area contributed by atoms with Crippen LogP contribution in [0.2, 0.25) is 0 Å². The normalized spacial score (nSPS) is 20.4. The lowest BCUT2D eigenvalue weighted by Gasteiger charge is -2.31. The predicted octanol–water partition coefficient (Wildman–Crippen LogP) is 1.38. The molecule has 2 heterocycles. The molecule has 1 saturated heterocycles. The molecule has 0 bridgehead atoms. The molecule has 0 aliphatic carbocycles. The Morgan fingerprint density at radius 3 is 3.24 bits per heavy atom. The molecule has 1 atom stereocenters. The molecule has 1 fully saturated rings. The molecule has 0 radical (unpaired) electrons. The van der Waals surface area contributed by atoms with Gasteiger partial charge < -0.3 is 15.0 Å². The monoisotopic (exact) mass is 255 g/mol. The number of hydrogen-bond acceptors (Lipinski definition) is 4. The average Bonchev–Trinajstić information content (AvgIpc) is 2.72. The first-order valence-corrected chi connectivity index (χ1v) is 6.58. The summed E-state index contributed by atoms with van der Waals surface area (Å²) in [7, 11) is 0. The lowest BCUT2D eigenvalue weighted by molar-refractivity contribution is -0.00351. The van der Waals surface area contributed by atoms with Gasteiger partial charge in [0.05, 0.1) is 19.3 Å². The van der Waals surface area contributed by atoms with Gasteiger partial charge in [-0.05, 0) is 13.8 Å². The molecule has 1 aliphatic heterocycles. The van der Waals surface area contributed by atoms with E-state index < -0.39 is 0 Å². The van der Waals surface area contributed by atoms with Gasteiger partial charge in [0.25, 0.3) is 0 Å².